The largest absolute Gasteiger partial charge is 0.497 e. The molecule has 0 saturated carbocycles. The number of hydrogen-bond acceptors (Lipinski definition) is 5. The first-order valence-electron chi connectivity index (χ1n) is 10.7. The number of nitrogens with zero attached hydrogens (tertiary/aromatic N) is 1. The predicted octanol–water partition coefficient (Wildman–Crippen LogP) is 4.92. The molecule has 0 bridgehead atoms. The van der Waals surface area contributed by atoms with E-state index in [0.717, 1.165) is 11.1 Å². The van der Waals surface area contributed by atoms with Gasteiger partial charge in [0.25, 0.3) is 11.8 Å². The van der Waals surface area contributed by atoms with E-state index >= 15 is 0 Å². The highest BCUT2D eigenvalue weighted by Gasteiger charge is 2.29. The lowest BCUT2D eigenvalue weighted by Crippen LogP contribution is -2.37. The zero-order valence-corrected chi connectivity index (χ0v) is 19.9. The summed E-state index contributed by atoms with van der Waals surface area (Å²) in [5.74, 6) is 1.44. The molecule has 1 heterocycles. The quantitative estimate of drug-likeness (QED) is 0.542. The molecule has 2 amide bonds. The zero-order valence-electron chi connectivity index (χ0n) is 19.1. The second-order valence-electron chi connectivity index (χ2n) is 7.89. The normalized spacial score (nSPS) is 15.1. The lowest BCUT2D eigenvalue weighted by atomic mass is 10.1. The molecular weight excluding hydrogens is 456 g/mol. The van der Waals surface area contributed by atoms with Gasteiger partial charge in [0.2, 0.25) is 0 Å². The topological polar surface area (TPSA) is 77.1 Å². The number of carbonyl (C=O) groups is 2. The summed E-state index contributed by atoms with van der Waals surface area (Å²) in [5, 5.41) is 3.24. The van der Waals surface area contributed by atoms with Crippen LogP contribution in [0.25, 0.3) is 0 Å². The average molecular weight is 481 g/mol. The van der Waals surface area contributed by atoms with Crippen molar-refractivity contribution in [2.45, 2.75) is 26.1 Å². The molecule has 8 heteroatoms. The van der Waals surface area contributed by atoms with Crippen molar-refractivity contribution >= 4 is 29.1 Å². The van der Waals surface area contributed by atoms with Gasteiger partial charge in [-0.3, -0.25) is 9.59 Å². The van der Waals surface area contributed by atoms with Crippen LogP contribution in [0, 0.1) is 0 Å². The smallest absolute Gasteiger partial charge is 0.263 e. The molecule has 0 aromatic heterocycles. The van der Waals surface area contributed by atoms with Crippen molar-refractivity contribution in [3.63, 3.8) is 0 Å². The Morgan fingerprint density at radius 3 is 2.65 bits per heavy atom. The second kappa shape index (κ2) is 10.1. The average Bonchev–Trinajstić information content (AvgIpc) is 2.95. The molecular formula is C26H25ClN2O5. The van der Waals surface area contributed by atoms with Gasteiger partial charge in [0.05, 0.1) is 24.8 Å². The minimum atomic E-state index is -0.658. The van der Waals surface area contributed by atoms with Gasteiger partial charge in [-0.1, -0.05) is 23.7 Å². The number of carbonyl (C=O) groups excluding carboxylic acids is 2. The molecule has 3 aromatic carbocycles. The minimum absolute atomic E-state index is 0.143. The Morgan fingerprint density at radius 2 is 1.91 bits per heavy atom. The van der Waals surface area contributed by atoms with E-state index in [0.29, 0.717) is 46.6 Å². The number of halogens is 1. The van der Waals surface area contributed by atoms with Gasteiger partial charge in [0, 0.05) is 36.0 Å². The van der Waals surface area contributed by atoms with Crippen molar-refractivity contribution in [2.75, 3.05) is 19.5 Å². The fraction of sp³-hybridized carbons (Fsp3) is 0.231. The number of rotatable bonds is 6. The van der Waals surface area contributed by atoms with Crippen molar-refractivity contribution in [1.29, 1.82) is 0 Å². The van der Waals surface area contributed by atoms with Crippen molar-refractivity contribution in [3.8, 4) is 17.2 Å². The highest BCUT2D eigenvalue weighted by Crippen LogP contribution is 2.32. The Hall–Kier alpha value is -3.71. The summed E-state index contributed by atoms with van der Waals surface area (Å²) in [5.41, 5.74) is 2.58. The van der Waals surface area contributed by atoms with Crippen molar-refractivity contribution in [1.82, 2.24) is 4.90 Å². The first kappa shape index (κ1) is 23.4. The molecule has 176 valence electrons. The third-order valence-corrected chi connectivity index (χ3v) is 5.95. The van der Waals surface area contributed by atoms with E-state index in [1.807, 2.05) is 18.2 Å². The van der Waals surface area contributed by atoms with Crippen molar-refractivity contribution in [3.05, 3.63) is 82.4 Å². The molecule has 1 N–H and O–H groups in total. The molecule has 0 unspecified atom stereocenters. The summed E-state index contributed by atoms with van der Waals surface area (Å²) in [6, 6.07) is 17.7. The number of anilines is 1. The van der Waals surface area contributed by atoms with Gasteiger partial charge >= 0.3 is 0 Å². The highest BCUT2D eigenvalue weighted by molar-refractivity contribution is 6.34. The molecule has 0 spiro atoms. The van der Waals surface area contributed by atoms with Crippen LogP contribution in [0.1, 0.15) is 28.4 Å². The van der Waals surface area contributed by atoms with Crippen LogP contribution < -0.4 is 19.5 Å². The summed E-state index contributed by atoms with van der Waals surface area (Å²) in [4.78, 5) is 27.5. The van der Waals surface area contributed by atoms with E-state index in [-0.39, 0.29) is 11.8 Å². The molecule has 1 aliphatic heterocycles. The summed E-state index contributed by atoms with van der Waals surface area (Å²) in [6.45, 7) is 2.36. The molecule has 0 radical (unpaired) electrons. The van der Waals surface area contributed by atoms with Gasteiger partial charge in [-0.2, -0.15) is 0 Å². The Morgan fingerprint density at radius 1 is 1.12 bits per heavy atom. The van der Waals surface area contributed by atoms with Crippen LogP contribution in [-0.4, -0.2) is 37.0 Å². The third kappa shape index (κ3) is 4.94. The third-order valence-electron chi connectivity index (χ3n) is 5.62. The Balaban J connectivity index is 1.59. The number of methoxy groups -OCH3 is 2. The van der Waals surface area contributed by atoms with Crippen LogP contribution in [0.5, 0.6) is 17.2 Å². The Bertz CT molecular complexity index is 1230. The van der Waals surface area contributed by atoms with E-state index in [1.54, 1.807) is 68.5 Å². The summed E-state index contributed by atoms with van der Waals surface area (Å²) >= 11 is 6.15. The number of benzene rings is 3. The van der Waals surface area contributed by atoms with Gasteiger partial charge in [0.1, 0.15) is 17.2 Å². The number of nitrogens with one attached hydrogen (secondary N) is 1. The fourth-order valence-corrected chi connectivity index (χ4v) is 4.06. The minimum Gasteiger partial charge on any atom is -0.497 e. The Labute approximate surface area is 203 Å². The van der Waals surface area contributed by atoms with Gasteiger partial charge in [-0.05, 0) is 49.4 Å². The van der Waals surface area contributed by atoms with Crippen LogP contribution in [0.15, 0.2) is 60.7 Å². The van der Waals surface area contributed by atoms with E-state index in [9.17, 15) is 9.59 Å². The van der Waals surface area contributed by atoms with Crippen LogP contribution in [0.3, 0.4) is 0 Å². The summed E-state index contributed by atoms with van der Waals surface area (Å²) in [7, 11) is 3.17. The van der Waals surface area contributed by atoms with Crippen molar-refractivity contribution in [2.24, 2.45) is 0 Å². The Kier molecular flexibility index (Phi) is 6.93. The number of fused-ring (bicyclic) bond motifs is 1. The molecule has 1 atom stereocenters. The molecule has 4 rings (SSSR count). The summed E-state index contributed by atoms with van der Waals surface area (Å²) in [6.07, 6.45) is -0.658. The molecule has 7 nitrogen and oxygen atoms in total. The maximum Gasteiger partial charge on any atom is 0.263 e. The fourth-order valence-electron chi connectivity index (χ4n) is 3.84. The molecule has 1 aliphatic rings. The van der Waals surface area contributed by atoms with Gasteiger partial charge in [0.15, 0.2) is 6.10 Å². The second-order valence-corrected chi connectivity index (χ2v) is 8.30. The standard InChI is InChI=1S/C26H25ClN2O5/c1-16-26(31)29(14-17-8-10-20(32-2)13-24(17)33-3)15-18-12-19(9-11-23(18)34-16)28-25(30)21-6-4-5-7-22(21)27/h4-13,16H,14-15H2,1-3H3,(H,28,30)/t16-/m1/s1. The summed E-state index contributed by atoms with van der Waals surface area (Å²) < 4.78 is 16.7. The van der Waals surface area contributed by atoms with E-state index in [2.05, 4.69) is 5.32 Å². The maximum absolute atomic E-state index is 13.1. The molecule has 0 aliphatic carbocycles. The zero-order chi connectivity index (χ0) is 24.2. The van der Waals surface area contributed by atoms with Gasteiger partial charge in [-0.15, -0.1) is 0 Å². The van der Waals surface area contributed by atoms with E-state index in [4.69, 9.17) is 25.8 Å². The first-order chi connectivity index (χ1) is 16.4. The van der Waals surface area contributed by atoms with Crippen molar-refractivity contribution < 1.29 is 23.8 Å². The van der Waals surface area contributed by atoms with Crippen LogP contribution in [0.4, 0.5) is 5.69 Å². The maximum atomic E-state index is 13.1. The number of amides is 2. The lowest BCUT2D eigenvalue weighted by Gasteiger charge is -2.23. The predicted molar refractivity (Wildman–Crippen MR) is 130 cm³/mol. The lowest BCUT2D eigenvalue weighted by molar-refractivity contribution is -0.138. The van der Waals surface area contributed by atoms with Crippen LogP contribution >= 0.6 is 11.6 Å². The number of hydrogen-bond donors (Lipinski definition) is 1. The SMILES string of the molecule is COc1ccc(CN2Cc3cc(NC(=O)c4ccccc4Cl)ccc3O[C@H](C)C2=O)c(OC)c1. The highest BCUT2D eigenvalue weighted by atomic mass is 35.5. The molecule has 0 saturated heterocycles. The number of ether oxygens (including phenoxy) is 3. The molecule has 34 heavy (non-hydrogen) atoms. The molecule has 3 aromatic rings. The van der Waals surface area contributed by atoms with E-state index < -0.39 is 6.10 Å². The van der Waals surface area contributed by atoms with Crippen LogP contribution in [-0.2, 0) is 17.9 Å². The van der Waals surface area contributed by atoms with Crippen LogP contribution in [0.2, 0.25) is 5.02 Å². The van der Waals surface area contributed by atoms with E-state index in [1.165, 1.54) is 0 Å². The molecule has 0 fully saturated rings. The monoisotopic (exact) mass is 480 g/mol. The first-order valence-corrected chi connectivity index (χ1v) is 11.1. The van der Waals surface area contributed by atoms with Gasteiger partial charge in [-0.25, -0.2) is 0 Å². The van der Waals surface area contributed by atoms with Gasteiger partial charge < -0.3 is 24.4 Å².